The zero-order chi connectivity index (χ0) is 16.2. The summed E-state index contributed by atoms with van der Waals surface area (Å²) in [7, 11) is -1.96. The summed E-state index contributed by atoms with van der Waals surface area (Å²) in [6.07, 6.45) is 2.74. The van der Waals surface area contributed by atoms with E-state index in [1.54, 1.807) is 0 Å². The minimum Gasteiger partial charge on any atom is -0.355 e. The van der Waals surface area contributed by atoms with Gasteiger partial charge in [0, 0.05) is 25.7 Å². The molecule has 0 saturated carbocycles. The molecule has 0 aromatic heterocycles. The molecule has 1 fully saturated rings. The highest BCUT2D eigenvalue weighted by atomic mass is 35.5. The van der Waals surface area contributed by atoms with Crippen LogP contribution in [0.5, 0.6) is 0 Å². The van der Waals surface area contributed by atoms with Crippen LogP contribution in [-0.4, -0.2) is 45.3 Å². The average Bonchev–Trinajstić information content (AvgIpc) is 2.55. The van der Waals surface area contributed by atoms with Gasteiger partial charge in [-0.25, -0.2) is 8.42 Å². The number of nitrogens with zero attached hydrogens (tertiary/aromatic N) is 1. The van der Waals surface area contributed by atoms with Gasteiger partial charge >= 0.3 is 0 Å². The predicted octanol–water partition coefficient (Wildman–Crippen LogP) is 1.22. The molecule has 0 spiro atoms. The number of rotatable bonds is 5. The Morgan fingerprint density at radius 1 is 1.35 bits per heavy atom. The molecule has 1 unspecified atom stereocenters. The largest absolute Gasteiger partial charge is 0.355 e. The van der Waals surface area contributed by atoms with Crippen molar-refractivity contribution in [1.29, 1.82) is 0 Å². The highest BCUT2D eigenvalue weighted by molar-refractivity contribution is 7.89. The molecule has 1 heterocycles. The average molecular weight is 362 g/mol. The van der Waals surface area contributed by atoms with Gasteiger partial charge < -0.3 is 11.1 Å². The molecule has 23 heavy (non-hydrogen) atoms. The van der Waals surface area contributed by atoms with Crippen LogP contribution < -0.4 is 11.1 Å². The number of sulfonamides is 1. The fraction of sp³-hybridized carbons (Fsp3) is 0.533. The van der Waals surface area contributed by atoms with Crippen molar-refractivity contribution in [3.8, 4) is 0 Å². The molecule has 0 aliphatic carbocycles. The zero-order valence-electron chi connectivity index (χ0n) is 13.2. The molecule has 1 atom stereocenters. The Bertz CT molecular complexity index is 617. The van der Waals surface area contributed by atoms with Gasteiger partial charge in [-0.05, 0) is 56.0 Å². The molecule has 1 aliphatic heterocycles. The van der Waals surface area contributed by atoms with Gasteiger partial charge in [-0.3, -0.25) is 4.79 Å². The monoisotopic (exact) mass is 361 g/mol. The van der Waals surface area contributed by atoms with Crippen molar-refractivity contribution < 1.29 is 13.2 Å². The predicted molar refractivity (Wildman–Crippen MR) is 92.2 cm³/mol. The van der Waals surface area contributed by atoms with E-state index in [0.29, 0.717) is 31.1 Å². The number of nitrogens with two attached hydrogens (primary N) is 1. The second kappa shape index (κ2) is 8.63. The van der Waals surface area contributed by atoms with Crippen LogP contribution >= 0.6 is 12.4 Å². The quantitative estimate of drug-likeness (QED) is 0.824. The molecule has 1 saturated heterocycles. The van der Waals surface area contributed by atoms with E-state index in [1.165, 1.54) is 35.6 Å². The lowest BCUT2D eigenvalue weighted by Gasteiger charge is -2.31. The maximum atomic E-state index is 12.7. The standard InChI is InChI=1S/C15H23N3O3S.ClH/c1-17-15(19)13-4-6-14(7-5-13)22(20,21)18-10-2-3-12(11-18)8-9-16;/h4-7,12H,2-3,8-11,16H2,1H3,(H,17,19);1H. The lowest BCUT2D eigenvalue weighted by molar-refractivity contribution is 0.0963. The lowest BCUT2D eigenvalue weighted by Crippen LogP contribution is -2.40. The van der Waals surface area contributed by atoms with Crippen molar-refractivity contribution in [3.63, 3.8) is 0 Å². The Kier molecular flexibility index (Phi) is 7.47. The number of amides is 1. The number of carbonyl (C=O) groups is 1. The molecule has 1 amide bonds. The van der Waals surface area contributed by atoms with E-state index in [-0.39, 0.29) is 23.2 Å². The molecule has 0 bridgehead atoms. The van der Waals surface area contributed by atoms with Crippen LogP contribution in [0.15, 0.2) is 29.2 Å². The first-order chi connectivity index (χ1) is 10.5. The molecule has 3 N–H and O–H groups in total. The van der Waals surface area contributed by atoms with Gasteiger partial charge in [0.25, 0.3) is 5.91 Å². The topological polar surface area (TPSA) is 92.5 Å². The Balaban J connectivity index is 0.00000264. The number of nitrogens with one attached hydrogen (secondary N) is 1. The number of carbonyl (C=O) groups excluding carboxylic acids is 1. The maximum absolute atomic E-state index is 12.7. The van der Waals surface area contributed by atoms with Gasteiger partial charge in [0.05, 0.1) is 4.90 Å². The van der Waals surface area contributed by atoms with Crippen LogP contribution in [0.1, 0.15) is 29.6 Å². The van der Waals surface area contributed by atoms with E-state index in [0.717, 1.165) is 19.3 Å². The number of hydrogen-bond donors (Lipinski definition) is 2. The van der Waals surface area contributed by atoms with E-state index in [1.807, 2.05) is 0 Å². The molecule has 130 valence electrons. The van der Waals surface area contributed by atoms with Gasteiger partial charge in [-0.2, -0.15) is 4.31 Å². The van der Waals surface area contributed by atoms with E-state index in [9.17, 15) is 13.2 Å². The van der Waals surface area contributed by atoms with Crippen LogP contribution in [0, 0.1) is 5.92 Å². The Morgan fingerprint density at radius 3 is 2.57 bits per heavy atom. The van der Waals surface area contributed by atoms with Gasteiger partial charge in [-0.1, -0.05) is 0 Å². The van der Waals surface area contributed by atoms with Gasteiger partial charge in [0.1, 0.15) is 0 Å². The zero-order valence-corrected chi connectivity index (χ0v) is 14.8. The van der Waals surface area contributed by atoms with Crippen molar-refractivity contribution in [3.05, 3.63) is 29.8 Å². The number of halogens is 1. The fourth-order valence-corrected chi connectivity index (χ4v) is 4.34. The molecular weight excluding hydrogens is 338 g/mol. The highest BCUT2D eigenvalue weighted by Gasteiger charge is 2.29. The Morgan fingerprint density at radius 2 is 2.00 bits per heavy atom. The summed E-state index contributed by atoms with van der Waals surface area (Å²) in [6, 6.07) is 6.05. The summed E-state index contributed by atoms with van der Waals surface area (Å²) in [5, 5.41) is 2.51. The van der Waals surface area contributed by atoms with E-state index < -0.39 is 10.0 Å². The first-order valence-electron chi connectivity index (χ1n) is 7.51. The smallest absolute Gasteiger partial charge is 0.251 e. The SMILES string of the molecule is CNC(=O)c1ccc(S(=O)(=O)N2CCCC(CCN)C2)cc1.Cl. The molecule has 1 aromatic carbocycles. The molecule has 2 rings (SSSR count). The molecule has 6 nitrogen and oxygen atoms in total. The number of benzene rings is 1. The van der Waals surface area contributed by atoms with Crippen LogP contribution in [0.4, 0.5) is 0 Å². The summed E-state index contributed by atoms with van der Waals surface area (Å²) in [5.74, 6) is 0.101. The van der Waals surface area contributed by atoms with Crippen molar-refractivity contribution in [2.45, 2.75) is 24.2 Å². The first-order valence-corrected chi connectivity index (χ1v) is 8.95. The van der Waals surface area contributed by atoms with Gasteiger partial charge in [0.2, 0.25) is 10.0 Å². The molecule has 8 heteroatoms. The summed E-state index contributed by atoms with van der Waals surface area (Å²) in [4.78, 5) is 11.7. The van der Waals surface area contributed by atoms with Crippen LogP contribution in [0.3, 0.4) is 0 Å². The highest BCUT2D eigenvalue weighted by Crippen LogP contribution is 2.25. The number of piperidine rings is 1. The molecule has 1 aliphatic rings. The van der Waals surface area contributed by atoms with Gasteiger partial charge in [0.15, 0.2) is 0 Å². The Hall–Kier alpha value is -1.15. The third-order valence-electron chi connectivity index (χ3n) is 4.04. The van der Waals surface area contributed by atoms with E-state index in [2.05, 4.69) is 5.32 Å². The minimum absolute atomic E-state index is 0. The summed E-state index contributed by atoms with van der Waals surface area (Å²) < 4.78 is 26.9. The minimum atomic E-state index is -3.50. The van der Waals surface area contributed by atoms with Crippen molar-refractivity contribution in [2.24, 2.45) is 11.7 Å². The lowest BCUT2D eigenvalue weighted by atomic mass is 9.96. The molecule has 1 aromatic rings. The first kappa shape index (κ1) is 19.9. The number of hydrogen-bond acceptors (Lipinski definition) is 4. The summed E-state index contributed by atoms with van der Waals surface area (Å²) in [6.45, 7) is 1.65. The third kappa shape index (κ3) is 4.67. The fourth-order valence-electron chi connectivity index (χ4n) is 2.79. The van der Waals surface area contributed by atoms with E-state index in [4.69, 9.17) is 5.73 Å². The second-order valence-electron chi connectivity index (χ2n) is 5.55. The van der Waals surface area contributed by atoms with Gasteiger partial charge in [-0.15, -0.1) is 12.4 Å². The second-order valence-corrected chi connectivity index (χ2v) is 7.49. The van der Waals surface area contributed by atoms with Crippen LogP contribution in [-0.2, 0) is 10.0 Å². The van der Waals surface area contributed by atoms with Crippen molar-refractivity contribution >= 4 is 28.3 Å². The normalized spacial score (nSPS) is 19.0. The van der Waals surface area contributed by atoms with Crippen LogP contribution in [0.2, 0.25) is 0 Å². The third-order valence-corrected chi connectivity index (χ3v) is 5.92. The summed E-state index contributed by atoms with van der Waals surface area (Å²) in [5.41, 5.74) is 6.02. The van der Waals surface area contributed by atoms with E-state index >= 15 is 0 Å². The van der Waals surface area contributed by atoms with Crippen LogP contribution in [0.25, 0.3) is 0 Å². The van der Waals surface area contributed by atoms with Crippen molar-refractivity contribution in [1.82, 2.24) is 9.62 Å². The van der Waals surface area contributed by atoms with Crippen molar-refractivity contribution in [2.75, 3.05) is 26.7 Å². The summed E-state index contributed by atoms with van der Waals surface area (Å²) >= 11 is 0. The molecular formula is C15H24ClN3O3S. The Labute approximate surface area is 143 Å². The molecule has 0 radical (unpaired) electrons. The maximum Gasteiger partial charge on any atom is 0.251 e.